The molecule has 1 atom stereocenters. The molecule has 4 heteroatoms. The summed E-state index contributed by atoms with van der Waals surface area (Å²) in [5, 5.41) is 3.53. The van der Waals surface area contributed by atoms with Crippen LogP contribution < -0.4 is 5.32 Å². The van der Waals surface area contributed by atoms with E-state index in [-0.39, 0.29) is 12.1 Å². The molecule has 0 aromatic heterocycles. The lowest BCUT2D eigenvalue weighted by molar-refractivity contribution is 0.0195. The third kappa shape index (κ3) is 4.96. The number of nitrogens with zero attached hydrogens (tertiary/aromatic N) is 1. The number of hydrogen-bond donors (Lipinski definition) is 1. The number of aryl methyl sites for hydroxylation is 3. The number of benzene rings is 1. The molecule has 1 aliphatic heterocycles. The van der Waals surface area contributed by atoms with Crippen LogP contribution in [0.15, 0.2) is 12.1 Å². The van der Waals surface area contributed by atoms with Crippen LogP contribution in [0.2, 0.25) is 0 Å². The molecule has 2 rings (SSSR count). The van der Waals surface area contributed by atoms with Crippen LogP contribution in [-0.4, -0.2) is 42.3 Å². The largest absolute Gasteiger partial charge is 0.444 e. The van der Waals surface area contributed by atoms with E-state index in [1.165, 1.54) is 22.3 Å². The van der Waals surface area contributed by atoms with E-state index in [0.717, 1.165) is 13.0 Å². The van der Waals surface area contributed by atoms with Crippen molar-refractivity contribution in [3.63, 3.8) is 0 Å². The molecule has 1 fully saturated rings. The predicted octanol–water partition coefficient (Wildman–Crippen LogP) is 3.36. The summed E-state index contributed by atoms with van der Waals surface area (Å²) in [6.45, 7) is 14.4. The summed E-state index contributed by atoms with van der Waals surface area (Å²) >= 11 is 0. The Balaban J connectivity index is 2.03. The molecule has 0 saturated carbocycles. The molecule has 1 aromatic rings. The highest BCUT2D eigenvalue weighted by Crippen LogP contribution is 2.20. The maximum Gasteiger partial charge on any atom is 0.410 e. The summed E-state index contributed by atoms with van der Waals surface area (Å²) < 4.78 is 5.50. The molecular formula is C19H30N2O2. The summed E-state index contributed by atoms with van der Waals surface area (Å²) in [6, 6.07) is 4.74. The smallest absolute Gasteiger partial charge is 0.410 e. The second kappa shape index (κ2) is 6.91. The first kappa shape index (κ1) is 17.8. The van der Waals surface area contributed by atoms with Crippen molar-refractivity contribution in [1.82, 2.24) is 10.2 Å². The van der Waals surface area contributed by atoms with Crippen LogP contribution in [0.5, 0.6) is 0 Å². The zero-order chi connectivity index (χ0) is 17.2. The molecule has 23 heavy (non-hydrogen) atoms. The fraction of sp³-hybridized carbons (Fsp3) is 0.632. The highest BCUT2D eigenvalue weighted by molar-refractivity contribution is 5.68. The molecule has 1 aromatic carbocycles. The van der Waals surface area contributed by atoms with Crippen molar-refractivity contribution in [2.75, 3.05) is 19.6 Å². The van der Waals surface area contributed by atoms with Gasteiger partial charge in [0.2, 0.25) is 0 Å². The van der Waals surface area contributed by atoms with Crippen molar-refractivity contribution in [1.29, 1.82) is 0 Å². The van der Waals surface area contributed by atoms with E-state index in [1.807, 2.05) is 25.7 Å². The Labute approximate surface area is 140 Å². The lowest BCUT2D eigenvalue weighted by Crippen LogP contribution is -2.54. The Morgan fingerprint density at radius 3 is 2.43 bits per heavy atom. The molecule has 0 aliphatic carbocycles. The molecule has 1 heterocycles. The first-order valence-corrected chi connectivity index (χ1v) is 8.44. The van der Waals surface area contributed by atoms with E-state index in [0.29, 0.717) is 13.1 Å². The van der Waals surface area contributed by atoms with Crippen LogP contribution in [0.3, 0.4) is 0 Å². The third-order valence-corrected chi connectivity index (χ3v) is 4.20. The van der Waals surface area contributed by atoms with Gasteiger partial charge in [-0.05, 0) is 64.7 Å². The molecule has 1 saturated heterocycles. The summed E-state index contributed by atoms with van der Waals surface area (Å²) in [4.78, 5) is 14.1. The van der Waals surface area contributed by atoms with Gasteiger partial charge < -0.3 is 15.0 Å². The van der Waals surface area contributed by atoms with Gasteiger partial charge in [-0.1, -0.05) is 17.7 Å². The van der Waals surface area contributed by atoms with Crippen LogP contribution in [0.4, 0.5) is 4.79 Å². The van der Waals surface area contributed by atoms with E-state index >= 15 is 0 Å². The Morgan fingerprint density at radius 2 is 1.87 bits per heavy atom. The minimum absolute atomic E-state index is 0.207. The van der Waals surface area contributed by atoms with Gasteiger partial charge in [0.1, 0.15) is 5.60 Å². The molecule has 4 nitrogen and oxygen atoms in total. The third-order valence-electron chi connectivity index (χ3n) is 4.20. The van der Waals surface area contributed by atoms with Crippen molar-refractivity contribution >= 4 is 6.09 Å². The van der Waals surface area contributed by atoms with Crippen LogP contribution in [0.1, 0.15) is 43.0 Å². The highest BCUT2D eigenvalue weighted by atomic mass is 16.6. The SMILES string of the molecule is Cc1cc(C)c(C[C@@H]2CN(C(=O)OC(C)(C)C)CCN2)c(C)c1. The first-order valence-electron chi connectivity index (χ1n) is 8.44. The average molecular weight is 318 g/mol. The Morgan fingerprint density at radius 1 is 1.26 bits per heavy atom. The molecule has 128 valence electrons. The molecule has 1 amide bonds. The lowest BCUT2D eigenvalue weighted by atomic mass is 9.94. The van der Waals surface area contributed by atoms with E-state index in [9.17, 15) is 4.79 Å². The number of hydrogen-bond acceptors (Lipinski definition) is 3. The molecule has 1 N–H and O–H groups in total. The van der Waals surface area contributed by atoms with Crippen LogP contribution in [-0.2, 0) is 11.2 Å². The predicted molar refractivity (Wildman–Crippen MR) is 94.0 cm³/mol. The number of ether oxygens (including phenoxy) is 1. The fourth-order valence-electron chi connectivity index (χ4n) is 3.23. The quantitative estimate of drug-likeness (QED) is 0.909. The summed E-state index contributed by atoms with van der Waals surface area (Å²) in [7, 11) is 0. The summed E-state index contributed by atoms with van der Waals surface area (Å²) in [5.41, 5.74) is 4.91. The van der Waals surface area contributed by atoms with Crippen molar-refractivity contribution < 1.29 is 9.53 Å². The Kier molecular flexibility index (Phi) is 5.35. The van der Waals surface area contributed by atoms with E-state index in [1.54, 1.807) is 0 Å². The van der Waals surface area contributed by atoms with Gasteiger partial charge in [0.15, 0.2) is 0 Å². The van der Waals surface area contributed by atoms with Gasteiger partial charge in [-0.2, -0.15) is 0 Å². The van der Waals surface area contributed by atoms with Gasteiger partial charge >= 0.3 is 6.09 Å². The zero-order valence-electron chi connectivity index (χ0n) is 15.3. The van der Waals surface area contributed by atoms with Gasteiger partial charge in [0.05, 0.1) is 0 Å². The lowest BCUT2D eigenvalue weighted by Gasteiger charge is -2.35. The summed E-state index contributed by atoms with van der Waals surface area (Å²) in [5.74, 6) is 0. The van der Waals surface area contributed by atoms with Crippen LogP contribution in [0, 0.1) is 20.8 Å². The maximum absolute atomic E-state index is 12.3. The maximum atomic E-state index is 12.3. The monoisotopic (exact) mass is 318 g/mol. The second-order valence-corrected chi connectivity index (χ2v) is 7.66. The van der Waals surface area contributed by atoms with Crippen LogP contribution >= 0.6 is 0 Å². The van der Waals surface area contributed by atoms with Crippen LogP contribution in [0.25, 0.3) is 0 Å². The van der Waals surface area contributed by atoms with Crippen molar-refractivity contribution in [2.24, 2.45) is 0 Å². The van der Waals surface area contributed by atoms with Gasteiger partial charge in [-0.3, -0.25) is 0 Å². The number of piperazine rings is 1. The molecule has 0 unspecified atom stereocenters. The van der Waals surface area contributed by atoms with E-state index < -0.39 is 5.60 Å². The van der Waals surface area contributed by atoms with E-state index in [4.69, 9.17) is 4.74 Å². The Hall–Kier alpha value is -1.55. The molecular weight excluding hydrogens is 288 g/mol. The second-order valence-electron chi connectivity index (χ2n) is 7.66. The normalized spacial score (nSPS) is 18.9. The first-order chi connectivity index (χ1) is 10.7. The van der Waals surface area contributed by atoms with Crippen molar-refractivity contribution in [3.05, 3.63) is 34.4 Å². The van der Waals surface area contributed by atoms with Gasteiger partial charge in [-0.15, -0.1) is 0 Å². The van der Waals surface area contributed by atoms with E-state index in [2.05, 4.69) is 38.2 Å². The zero-order valence-corrected chi connectivity index (χ0v) is 15.3. The Bertz CT molecular complexity index is 552. The van der Waals surface area contributed by atoms with Gasteiger partial charge in [-0.25, -0.2) is 4.79 Å². The topological polar surface area (TPSA) is 41.6 Å². The summed E-state index contributed by atoms with van der Waals surface area (Å²) in [6.07, 6.45) is 0.735. The fourth-order valence-corrected chi connectivity index (χ4v) is 3.23. The van der Waals surface area contributed by atoms with Crippen molar-refractivity contribution in [2.45, 2.75) is 59.6 Å². The minimum Gasteiger partial charge on any atom is -0.444 e. The minimum atomic E-state index is -0.443. The van der Waals surface area contributed by atoms with Gasteiger partial charge in [0.25, 0.3) is 0 Å². The molecule has 0 bridgehead atoms. The number of nitrogens with one attached hydrogen (secondary N) is 1. The van der Waals surface area contributed by atoms with Gasteiger partial charge in [0, 0.05) is 25.7 Å². The molecule has 1 aliphatic rings. The van der Waals surface area contributed by atoms with Crippen molar-refractivity contribution in [3.8, 4) is 0 Å². The number of carbonyl (C=O) groups excluding carboxylic acids is 1. The average Bonchev–Trinajstić information content (AvgIpc) is 2.41. The number of amides is 1. The number of carbonyl (C=O) groups is 1. The standard InChI is InChI=1S/C19H30N2O2/c1-13-9-14(2)17(15(3)10-13)11-16-12-21(8-7-20-16)18(22)23-19(4,5)6/h9-10,16,20H,7-8,11-12H2,1-6H3/t16-/m1/s1. The molecule has 0 spiro atoms. The number of rotatable bonds is 2. The molecule has 0 radical (unpaired) electrons. The highest BCUT2D eigenvalue weighted by Gasteiger charge is 2.27.